The van der Waals surface area contributed by atoms with Gasteiger partial charge in [0, 0.05) is 39.3 Å². The lowest BCUT2D eigenvalue weighted by molar-refractivity contribution is 0.000725. The molecule has 1 fully saturated rings. The lowest BCUT2D eigenvalue weighted by Gasteiger charge is -2.36. The van der Waals surface area contributed by atoms with Crippen LogP contribution in [-0.2, 0) is 11.3 Å². The molecule has 0 spiro atoms. The summed E-state index contributed by atoms with van der Waals surface area (Å²) in [6.07, 6.45) is -0.438. The molecule has 0 aliphatic carbocycles. The number of ether oxygens (including phenoxy) is 2. The molecule has 1 aromatic rings. The number of methoxy groups -OCH3 is 1. The lowest BCUT2D eigenvalue weighted by atomic mass is 10.2. The number of aliphatic hydroxyl groups excluding tert-OH is 1. The van der Waals surface area contributed by atoms with Crippen molar-refractivity contribution >= 4 is 0 Å². The third-order valence-corrected chi connectivity index (χ3v) is 4.27. The van der Waals surface area contributed by atoms with Crippen LogP contribution in [0.25, 0.3) is 0 Å². The second-order valence-electron chi connectivity index (χ2n) is 7.02. The Morgan fingerprint density at radius 3 is 2.38 bits per heavy atom. The third-order valence-electron chi connectivity index (χ3n) is 4.27. The van der Waals surface area contributed by atoms with Crippen molar-refractivity contribution in [3.05, 3.63) is 29.8 Å². The first-order chi connectivity index (χ1) is 11.6. The maximum Gasteiger partial charge on any atom is 0.119 e. The molecular formula is C19H32N2O3. The number of aliphatic hydroxyl groups is 1. The van der Waals surface area contributed by atoms with E-state index >= 15 is 0 Å². The van der Waals surface area contributed by atoms with Gasteiger partial charge in [-0.3, -0.25) is 4.90 Å². The summed E-state index contributed by atoms with van der Waals surface area (Å²) in [7, 11) is 1.66. The van der Waals surface area contributed by atoms with Crippen LogP contribution in [0.2, 0.25) is 0 Å². The topological polar surface area (TPSA) is 45.2 Å². The predicted molar refractivity (Wildman–Crippen MR) is 96.4 cm³/mol. The smallest absolute Gasteiger partial charge is 0.119 e. The molecule has 1 atom stereocenters. The number of nitrogens with zero attached hydrogens (tertiary/aromatic N) is 2. The zero-order valence-corrected chi connectivity index (χ0v) is 15.3. The van der Waals surface area contributed by atoms with E-state index in [0.717, 1.165) is 37.5 Å². The largest absolute Gasteiger partial charge is 0.497 e. The monoisotopic (exact) mass is 336 g/mol. The highest BCUT2D eigenvalue weighted by atomic mass is 16.5. The Balaban J connectivity index is 1.62. The van der Waals surface area contributed by atoms with E-state index in [0.29, 0.717) is 25.7 Å². The normalized spacial score (nSPS) is 18.0. The van der Waals surface area contributed by atoms with Crippen LogP contribution in [0.4, 0.5) is 0 Å². The fraction of sp³-hybridized carbons (Fsp3) is 0.684. The van der Waals surface area contributed by atoms with Gasteiger partial charge in [0.15, 0.2) is 0 Å². The van der Waals surface area contributed by atoms with Crippen molar-refractivity contribution in [3.63, 3.8) is 0 Å². The van der Waals surface area contributed by atoms with Crippen molar-refractivity contribution in [1.29, 1.82) is 0 Å². The number of hydrogen-bond acceptors (Lipinski definition) is 5. The van der Waals surface area contributed by atoms with Crippen molar-refractivity contribution in [2.24, 2.45) is 5.92 Å². The average molecular weight is 336 g/mol. The quantitative estimate of drug-likeness (QED) is 0.746. The van der Waals surface area contributed by atoms with Gasteiger partial charge in [0.2, 0.25) is 0 Å². The first kappa shape index (κ1) is 19.2. The molecule has 0 saturated carbocycles. The summed E-state index contributed by atoms with van der Waals surface area (Å²) in [6, 6.07) is 7.82. The number of hydrogen-bond donors (Lipinski definition) is 1. The van der Waals surface area contributed by atoms with E-state index in [-0.39, 0.29) is 0 Å². The summed E-state index contributed by atoms with van der Waals surface area (Å²) < 4.78 is 10.9. The van der Waals surface area contributed by atoms with Gasteiger partial charge in [0.05, 0.1) is 26.4 Å². The van der Waals surface area contributed by atoms with E-state index in [2.05, 4.69) is 23.6 Å². The molecule has 1 aliphatic heterocycles. The molecular weight excluding hydrogens is 304 g/mol. The molecule has 1 heterocycles. The van der Waals surface area contributed by atoms with Crippen LogP contribution in [0.3, 0.4) is 0 Å². The number of rotatable bonds is 9. The highest BCUT2D eigenvalue weighted by molar-refractivity contribution is 5.27. The van der Waals surface area contributed by atoms with Crippen LogP contribution >= 0.6 is 0 Å². The fourth-order valence-corrected chi connectivity index (χ4v) is 3.10. The second-order valence-corrected chi connectivity index (χ2v) is 7.02. The zero-order valence-electron chi connectivity index (χ0n) is 15.3. The Labute approximate surface area is 146 Å². The number of benzene rings is 1. The van der Waals surface area contributed by atoms with E-state index in [1.807, 2.05) is 24.3 Å². The van der Waals surface area contributed by atoms with Gasteiger partial charge in [-0.2, -0.15) is 0 Å². The first-order valence-corrected chi connectivity index (χ1v) is 8.90. The molecule has 0 amide bonds. The van der Waals surface area contributed by atoms with E-state index in [1.165, 1.54) is 6.54 Å². The van der Waals surface area contributed by atoms with Gasteiger partial charge in [-0.1, -0.05) is 26.0 Å². The minimum absolute atomic E-state index is 0.365. The van der Waals surface area contributed by atoms with Crippen molar-refractivity contribution in [2.75, 3.05) is 53.0 Å². The molecule has 1 saturated heterocycles. The van der Waals surface area contributed by atoms with E-state index in [4.69, 9.17) is 9.47 Å². The maximum absolute atomic E-state index is 10.2. The summed E-state index contributed by atoms with van der Waals surface area (Å²) in [4.78, 5) is 4.84. The summed E-state index contributed by atoms with van der Waals surface area (Å²) in [5.74, 6) is 1.54. The molecule has 1 unspecified atom stereocenters. The minimum atomic E-state index is -0.438. The van der Waals surface area contributed by atoms with E-state index in [9.17, 15) is 5.11 Å². The Morgan fingerprint density at radius 2 is 1.75 bits per heavy atom. The number of β-amino-alcohol motifs (C(OH)–C–C–N with tert-alkyl or cyclic N) is 1. The second kappa shape index (κ2) is 9.99. The standard InChI is InChI=1S/C19H32N2O3/c1-16(2)12-20-7-9-21(10-8-20)13-18(22)15-24-14-17-5-4-6-19(11-17)23-3/h4-6,11,16,18,22H,7-10,12-15H2,1-3H3. The van der Waals surface area contributed by atoms with Gasteiger partial charge in [0.1, 0.15) is 5.75 Å². The van der Waals surface area contributed by atoms with Crippen LogP contribution in [0.15, 0.2) is 24.3 Å². The van der Waals surface area contributed by atoms with Gasteiger partial charge in [-0.05, 0) is 23.6 Å². The molecule has 0 radical (unpaired) electrons. The van der Waals surface area contributed by atoms with Gasteiger partial charge < -0.3 is 19.5 Å². The van der Waals surface area contributed by atoms with Gasteiger partial charge in [-0.15, -0.1) is 0 Å². The van der Waals surface area contributed by atoms with Crippen LogP contribution in [0, 0.1) is 5.92 Å². The van der Waals surface area contributed by atoms with E-state index < -0.39 is 6.10 Å². The maximum atomic E-state index is 10.2. The third kappa shape index (κ3) is 6.77. The Morgan fingerprint density at radius 1 is 1.08 bits per heavy atom. The lowest BCUT2D eigenvalue weighted by Crippen LogP contribution is -2.49. The van der Waals surface area contributed by atoms with Crippen LogP contribution < -0.4 is 4.74 Å². The molecule has 5 nitrogen and oxygen atoms in total. The average Bonchev–Trinajstić information content (AvgIpc) is 2.56. The molecule has 1 aromatic carbocycles. The molecule has 1 aliphatic rings. The SMILES string of the molecule is COc1cccc(COCC(O)CN2CCN(CC(C)C)CC2)c1. The molecule has 0 bridgehead atoms. The van der Waals surface area contributed by atoms with Crippen molar-refractivity contribution in [2.45, 2.75) is 26.6 Å². The van der Waals surface area contributed by atoms with Crippen LogP contribution in [0.1, 0.15) is 19.4 Å². The van der Waals surface area contributed by atoms with Gasteiger partial charge in [-0.25, -0.2) is 0 Å². The summed E-state index contributed by atoms with van der Waals surface area (Å²) >= 11 is 0. The first-order valence-electron chi connectivity index (χ1n) is 8.90. The highest BCUT2D eigenvalue weighted by Gasteiger charge is 2.19. The predicted octanol–water partition coefficient (Wildman–Crippen LogP) is 1.85. The van der Waals surface area contributed by atoms with Gasteiger partial charge in [0.25, 0.3) is 0 Å². The Hall–Kier alpha value is -1.14. The molecule has 136 valence electrons. The molecule has 0 aromatic heterocycles. The summed E-state index contributed by atoms with van der Waals surface area (Å²) in [6.45, 7) is 11.5. The molecule has 1 N–H and O–H groups in total. The van der Waals surface area contributed by atoms with Gasteiger partial charge >= 0.3 is 0 Å². The van der Waals surface area contributed by atoms with Crippen LogP contribution in [-0.4, -0.2) is 74.0 Å². The molecule has 2 rings (SSSR count). The van der Waals surface area contributed by atoms with Crippen molar-refractivity contribution in [1.82, 2.24) is 9.80 Å². The van der Waals surface area contributed by atoms with E-state index in [1.54, 1.807) is 7.11 Å². The fourth-order valence-electron chi connectivity index (χ4n) is 3.10. The molecule has 5 heteroatoms. The van der Waals surface area contributed by atoms with Crippen molar-refractivity contribution < 1.29 is 14.6 Å². The Bertz CT molecular complexity index is 473. The number of piperazine rings is 1. The minimum Gasteiger partial charge on any atom is -0.497 e. The Kier molecular flexibility index (Phi) is 7.99. The highest BCUT2D eigenvalue weighted by Crippen LogP contribution is 2.13. The summed E-state index contributed by atoms with van der Waals surface area (Å²) in [5, 5.41) is 10.2. The summed E-state index contributed by atoms with van der Waals surface area (Å²) in [5.41, 5.74) is 1.06. The van der Waals surface area contributed by atoms with Crippen LogP contribution in [0.5, 0.6) is 5.75 Å². The zero-order chi connectivity index (χ0) is 17.4. The van der Waals surface area contributed by atoms with Crippen molar-refractivity contribution in [3.8, 4) is 5.75 Å². The molecule has 24 heavy (non-hydrogen) atoms.